The van der Waals surface area contributed by atoms with Gasteiger partial charge in [0, 0.05) is 6.08 Å². The van der Waals surface area contributed by atoms with E-state index in [1.54, 1.807) is 6.08 Å². The number of aliphatic hydroxyl groups is 1. The minimum atomic E-state index is -0.307. The zero-order chi connectivity index (χ0) is 16.9. The average molecular weight is 318 g/mol. The standard InChI is InChI=1S/C20H30O3/c1-3-5-6-7-8-19(21)16-18-11-9-17(10-12-18)13-14-20(22)23-15-4-2/h9-14,19,21H,3-8,15-16H2,1-2H3/b14-13+. The van der Waals surface area contributed by atoms with Gasteiger partial charge in [-0.15, -0.1) is 0 Å². The third-order valence-corrected chi connectivity index (χ3v) is 3.70. The molecule has 1 aromatic rings. The lowest BCUT2D eigenvalue weighted by atomic mass is 10.0. The Morgan fingerprint density at radius 2 is 1.87 bits per heavy atom. The summed E-state index contributed by atoms with van der Waals surface area (Å²) >= 11 is 0. The molecule has 0 radical (unpaired) electrons. The molecule has 0 amide bonds. The molecule has 1 atom stereocenters. The molecule has 0 aromatic heterocycles. The maximum Gasteiger partial charge on any atom is 0.330 e. The van der Waals surface area contributed by atoms with Gasteiger partial charge in [0.2, 0.25) is 0 Å². The molecule has 1 aromatic carbocycles. The van der Waals surface area contributed by atoms with Crippen molar-refractivity contribution < 1.29 is 14.6 Å². The molecule has 3 heteroatoms. The van der Waals surface area contributed by atoms with E-state index in [-0.39, 0.29) is 12.1 Å². The number of hydrogen-bond donors (Lipinski definition) is 1. The first-order chi connectivity index (χ1) is 11.2. The molecule has 0 saturated carbocycles. The highest BCUT2D eigenvalue weighted by atomic mass is 16.5. The van der Waals surface area contributed by atoms with Gasteiger partial charge in [0.25, 0.3) is 0 Å². The van der Waals surface area contributed by atoms with Crippen LogP contribution in [-0.2, 0) is 16.0 Å². The number of aliphatic hydroxyl groups excluding tert-OH is 1. The summed E-state index contributed by atoms with van der Waals surface area (Å²) < 4.78 is 4.99. The second-order valence-electron chi connectivity index (χ2n) is 5.95. The molecule has 0 fully saturated rings. The monoisotopic (exact) mass is 318 g/mol. The van der Waals surface area contributed by atoms with E-state index in [2.05, 4.69) is 6.92 Å². The largest absolute Gasteiger partial charge is 0.463 e. The lowest BCUT2D eigenvalue weighted by Gasteiger charge is -2.10. The zero-order valence-corrected chi connectivity index (χ0v) is 14.5. The fraction of sp³-hybridized carbons (Fsp3) is 0.550. The van der Waals surface area contributed by atoms with Crippen LogP contribution in [0.15, 0.2) is 30.3 Å². The van der Waals surface area contributed by atoms with Gasteiger partial charge in [0.05, 0.1) is 12.7 Å². The Kier molecular flexibility index (Phi) is 10.0. The number of carbonyl (C=O) groups is 1. The molecule has 1 unspecified atom stereocenters. The third-order valence-electron chi connectivity index (χ3n) is 3.70. The van der Waals surface area contributed by atoms with Gasteiger partial charge in [-0.3, -0.25) is 0 Å². The molecule has 3 nitrogen and oxygen atoms in total. The minimum absolute atomic E-state index is 0.266. The third kappa shape index (κ3) is 9.19. The molecule has 0 spiro atoms. The van der Waals surface area contributed by atoms with Gasteiger partial charge in [-0.25, -0.2) is 4.79 Å². The molecule has 0 saturated heterocycles. The quantitative estimate of drug-likeness (QED) is 0.370. The number of unbranched alkanes of at least 4 members (excludes halogenated alkanes) is 3. The normalized spacial score (nSPS) is 12.5. The smallest absolute Gasteiger partial charge is 0.330 e. The number of benzene rings is 1. The second-order valence-corrected chi connectivity index (χ2v) is 5.95. The predicted molar refractivity (Wildman–Crippen MR) is 95.2 cm³/mol. The first kappa shape index (κ1) is 19.4. The predicted octanol–water partition coefficient (Wildman–Crippen LogP) is 4.53. The highest BCUT2D eigenvalue weighted by Gasteiger charge is 2.05. The molecule has 0 aliphatic carbocycles. The van der Waals surface area contributed by atoms with Crippen LogP contribution in [0.3, 0.4) is 0 Å². The molecule has 23 heavy (non-hydrogen) atoms. The van der Waals surface area contributed by atoms with E-state index < -0.39 is 0 Å². The summed E-state index contributed by atoms with van der Waals surface area (Å²) in [7, 11) is 0. The van der Waals surface area contributed by atoms with Crippen LogP contribution in [-0.4, -0.2) is 23.8 Å². The van der Waals surface area contributed by atoms with Gasteiger partial charge in [0.1, 0.15) is 0 Å². The Bertz CT molecular complexity index is 462. The first-order valence-electron chi connectivity index (χ1n) is 8.77. The van der Waals surface area contributed by atoms with Crippen molar-refractivity contribution in [1.29, 1.82) is 0 Å². The lowest BCUT2D eigenvalue weighted by Crippen LogP contribution is -2.10. The number of carbonyl (C=O) groups excluding carboxylic acids is 1. The number of rotatable bonds is 11. The summed E-state index contributed by atoms with van der Waals surface area (Å²) in [6.45, 7) is 4.61. The van der Waals surface area contributed by atoms with Crippen LogP contribution in [0.2, 0.25) is 0 Å². The van der Waals surface area contributed by atoms with Crippen LogP contribution in [0.25, 0.3) is 6.08 Å². The Balaban J connectivity index is 2.37. The van der Waals surface area contributed by atoms with E-state index in [1.807, 2.05) is 31.2 Å². The molecule has 0 bridgehead atoms. The topological polar surface area (TPSA) is 46.5 Å². The van der Waals surface area contributed by atoms with Crippen LogP contribution in [0.5, 0.6) is 0 Å². The maximum absolute atomic E-state index is 11.4. The van der Waals surface area contributed by atoms with Gasteiger partial charge in [-0.1, -0.05) is 63.8 Å². The summed E-state index contributed by atoms with van der Waals surface area (Å²) in [5, 5.41) is 10.1. The van der Waals surface area contributed by atoms with Crippen molar-refractivity contribution in [2.75, 3.05) is 6.61 Å². The minimum Gasteiger partial charge on any atom is -0.463 e. The van der Waals surface area contributed by atoms with Crippen molar-refractivity contribution >= 4 is 12.0 Å². The fourth-order valence-corrected chi connectivity index (χ4v) is 2.36. The maximum atomic E-state index is 11.4. The van der Waals surface area contributed by atoms with Crippen molar-refractivity contribution in [3.8, 4) is 0 Å². The summed E-state index contributed by atoms with van der Waals surface area (Å²) in [5.41, 5.74) is 2.08. The summed E-state index contributed by atoms with van der Waals surface area (Å²) in [6, 6.07) is 7.93. The van der Waals surface area contributed by atoms with E-state index in [1.165, 1.54) is 25.3 Å². The molecule has 128 valence electrons. The van der Waals surface area contributed by atoms with Gasteiger partial charge >= 0.3 is 5.97 Å². The van der Waals surface area contributed by atoms with Crippen molar-refractivity contribution in [3.63, 3.8) is 0 Å². The van der Waals surface area contributed by atoms with E-state index in [0.29, 0.717) is 13.0 Å². The summed E-state index contributed by atoms with van der Waals surface area (Å²) in [4.78, 5) is 11.4. The number of ether oxygens (including phenoxy) is 1. The number of esters is 1. The summed E-state index contributed by atoms with van der Waals surface area (Å²) in [6.07, 6.45) is 10.1. The highest BCUT2D eigenvalue weighted by molar-refractivity contribution is 5.87. The Morgan fingerprint density at radius 1 is 1.13 bits per heavy atom. The molecule has 1 N–H and O–H groups in total. The van der Waals surface area contributed by atoms with Crippen LogP contribution >= 0.6 is 0 Å². The van der Waals surface area contributed by atoms with E-state index in [4.69, 9.17) is 4.74 Å². The molecular formula is C20H30O3. The fourth-order valence-electron chi connectivity index (χ4n) is 2.36. The molecule has 0 aliphatic rings. The Hall–Kier alpha value is -1.61. The lowest BCUT2D eigenvalue weighted by molar-refractivity contribution is -0.137. The van der Waals surface area contributed by atoms with Crippen LogP contribution < -0.4 is 0 Å². The number of hydrogen-bond acceptors (Lipinski definition) is 3. The Morgan fingerprint density at radius 3 is 2.52 bits per heavy atom. The van der Waals surface area contributed by atoms with Crippen molar-refractivity contribution in [1.82, 2.24) is 0 Å². The molecule has 1 rings (SSSR count). The SMILES string of the molecule is CCCCCCC(O)Cc1ccc(/C=C/C(=O)OCCC)cc1. The zero-order valence-electron chi connectivity index (χ0n) is 14.5. The molecule has 0 aliphatic heterocycles. The second kappa shape index (κ2) is 11.9. The van der Waals surface area contributed by atoms with E-state index >= 15 is 0 Å². The van der Waals surface area contributed by atoms with Gasteiger partial charge in [0.15, 0.2) is 0 Å². The molecule has 0 heterocycles. The van der Waals surface area contributed by atoms with Crippen molar-refractivity contribution in [2.24, 2.45) is 0 Å². The van der Waals surface area contributed by atoms with Crippen molar-refractivity contribution in [2.45, 2.75) is 64.9 Å². The average Bonchev–Trinajstić information content (AvgIpc) is 2.56. The van der Waals surface area contributed by atoms with Gasteiger partial charge in [-0.2, -0.15) is 0 Å². The summed E-state index contributed by atoms with van der Waals surface area (Å²) in [5.74, 6) is -0.307. The first-order valence-corrected chi connectivity index (χ1v) is 8.77. The van der Waals surface area contributed by atoms with Crippen molar-refractivity contribution in [3.05, 3.63) is 41.5 Å². The van der Waals surface area contributed by atoms with Gasteiger partial charge < -0.3 is 9.84 Å². The van der Waals surface area contributed by atoms with Crippen LogP contribution in [0, 0.1) is 0 Å². The van der Waals surface area contributed by atoms with E-state index in [0.717, 1.165) is 30.4 Å². The van der Waals surface area contributed by atoms with Crippen LogP contribution in [0.4, 0.5) is 0 Å². The Labute approximate surface area is 140 Å². The molecular weight excluding hydrogens is 288 g/mol. The highest BCUT2D eigenvalue weighted by Crippen LogP contribution is 2.12. The van der Waals surface area contributed by atoms with Gasteiger partial charge in [-0.05, 0) is 36.5 Å². The van der Waals surface area contributed by atoms with E-state index in [9.17, 15) is 9.90 Å². The van der Waals surface area contributed by atoms with Crippen LogP contribution in [0.1, 0.15) is 63.5 Å².